The molecule has 6 heteroatoms. The van der Waals surface area contributed by atoms with Crippen molar-refractivity contribution in [2.45, 2.75) is 19.3 Å². The fraction of sp³-hybridized carbons (Fsp3) is 0.333. The van der Waals surface area contributed by atoms with Crippen molar-refractivity contribution in [2.24, 2.45) is 0 Å². The summed E-state index contributed by atoms with van der Waals surface area (Å²) in [6.07, 6.45) is 3.38. The van der Waals surface area contributed by atoms with Crippen LogP contribution in [0.4, 0.5) is 5.69 Å². The van der Waals surface area contributed by atoms with Crippen LogP contribution in [-0.2, 0) is 0 Å². The zero-order valence-electron chi connectivity index (χ0n) is 11.3. The molecule has 1 aliphatic rings. The molecule has 0 aromatic carbocycles. The van der Waals surface area contributed by atoms with E-state index < -0.39 is 5.63 Å². The van der Waals surface area contributed by atoms with Gasteiger partial charge in [0.25, 0.3) is 0 Å². The van der Waals surface area contributed by atoms with Gasteiger partial charge in [0.15, 0.2) is 11.3 Å². The molecule has 0 radical (unpaired) electrons. The predicted octanol–water partition coefficient (Wildman–Crippen LogP) is 3.99. The van der Waals surface area contributed by atoms with Crippen LogP contribution in [0.2, 0.25) is 0 Å². The highest BCUT2D eigenvalue weighted by Crippen LogP contribution is 2.33. The lowest BCUT2D eigenvalue weighted by Crippen LogP contribution is -2.31. The maximum Gasteiger partial charge on any atom is 0.356 e. The zero-order chi connectivity index (χ0) is 14.8. The first-order valence-corrected chi connectivity index (χ1v) is 8.39. The third-order valence-electron chi connectivity index (χ3n) is 3.56. The molecule has 2 aromatic rings. The minimum Gasteiger partial charge on any atom is -0.421 e. The molecule has 1 saturated heterocycles. The summed E-state index contributed by atoms with van der Waals surface area (Å²) in [5, 5.41) is 9.25. The quantitative estimate of drug-likeness (QED) is 0.808. The van der Waals surface area contributed by atoms with Crippen molar-refractivity contribution in [1.29, 1.82) is 5.26 Å². The Bertz CT molecular complexity index is 754. The second kappa shape index (κ2) is 6.04. The Morgan fingerprint density at radius 1 is 1.29 bits per heavy atom. The number of halogens is 1. The van der Waals surface area contributed by atoms with Crippen molar-refractivity contribution >= 4 is 33.0 Å². The Morgan fingerprint density at radius 2 is 2.05 bits per heavy atom. The fourth-order valence-corrected chi connectivity index (χ4v) is 3.88. The van der Waals surface area contributed by atoms with Gasteiger partial charge in [0.1, 0.15) is 6.07 Å². The van der Waals surface area contributed by atoms with Gasteiger partial charge in [0.2, 0.25) is 0 Å². The van der Waals surface area contributed by atoms with E-state index in [4.69, 9.17) is 4.42 Å². The van der Waals surface area contributed by atoms with Gasteiger partial charge in [-0.15, -0.1) is 11.3 Å². The van der Waals surface area contributed by atoms with E-state index in [1.807, 2.05) is 24.3 Å². The van der Waals surface area contributed by atoms with Gasteiger partial charge in [0, 0.05) is 19.2 Å². The normalized spacial score (nSPS) is 15.0. The van der Waals surface area contributed by atoms with Crippen LogP contribution in [0.25, 0.3) is 10.6 Å². The van der Waals surface area contributed by atoms with E-state index in [-0.39, 0.29) is 5.56 Å². The van der Waals surface area contributed by atoms with Gasteiger partial charge in [0.05, 0.1) is 14.4 Å². The minimum absolute atomic E-state index is 0.108. The second-order valence-corrected chi connectivity index (χ2v) is 7.38. The van der Waals surface area contributed by atoms with E-state index in [9.17, 15) is 10.1 Å². The molecule has 4 nitrogen and oxygen atoms in total. The number of thiophene rings is 1. The highest BCUT2D eigenvalue weighted by atomic mass is 79.9. The largest absolute Gasteiger partial charge is 0.421 e. The average molecular weight is 365 g/mol. The Labute approximate surface area is 134 Å². The number of anilines is 1. The Balaban J connectivity index is 2.10. The summed E-state index contributed by atoms with van der Waals surface area (Å²) < 4.78 is 6.29. The number of nitrogens with zero attached hydrogens (tertiary/aromatic N) is 2. The molecule has 0 saturated carbocycles. The molecule has 21 heavy (non-hydrogen) atoms. The lowest BCUT2D eigenvalue weighted by Gasteiger charge is -2.29. The van der Waals surface area contributed by atoms with E-state index in [0.717, 1.165) is 34.6 Å². The molecule has 0 aliphatic carbocycles. The topological polar surface area (TPSA) is 57.2 Å². The standard InChI is InChI=1S/C15H13BrN2O2S/c16-14-5-4-13(21-14)12-8-11(10(9-17)15(19)20-12)18-6-2-1-3-7-18/h4-5,8H,1-3,6-7H2. The molecule has 0 amide bonds. The molecule has 3 heterocycles. The maximum absolute atomic E-state index is 12.1. The lowest BCUT2D eigenvalue weighted by molar-refractivity contribution is 0.520. The van der Waals surface area contributed by atoms with Gasteiger partial charge in [-0.3, -0.25) is 0 Å². The number of nitriles is 1. The summed E-state index contributed by atoms with van der Waals surface area (Å²) in [5.41, 5.74) is 0.254. The average Bonchev–Trinajstić information content (AvgIpc) is 2.94. The fourth-order valence-electron chi connectivity index (χ4n) is 2.54. The van der Waals surface area contributed by atoms with Crippen molar-refractivity contribution in [3.05, 3.63) is 38.0 Å². The number of hydrogen-bond donors (Lipinski definition) is 0. The molecule has 0 N–H and O–H groups in total. The van der Waals surface area contributed by atoms with Crippen LogP contribution < -0.4 is 10.5 Å². The number of hydrogen-bond acceptors (Lipinski definition) is 5. The van der Waals surface area contributed by atoms with Crippen LogP contribution in [0.5, 0.6) is 0 Å². The first-order chi connectivity index (χ1) is 10.2. The summed E-state index contributed by atoms with van der Waals surface area (Å²) in [4.78, 5) is 15.1. The molecule has 0 unspecified atom stereocenters. The van der Waals surface area contributed by atoms with Crippen LogP contribution in [0.3, 0.4) is 0 Å². The number of piperidine rings is 1. The van der Waals surface area contributed by atoms with Crippen LogP contribution in [0.1, 0.15) is 24.8 Å². The molecule has 3 rings (SSSR count). The molecular formula is C15H13BrN2O2S. The van der Waals surface area contributed by atoms with E-state index in [1.54, 1.807) is 0 Å². The van der Waals surface area contributed by atoms with E-state index in [1.165, 1.54) is 17.8 Å². The van der Waals surface area contributed by atoms with Gasteiger partial charge in [-0.1, -0.05) is 0 Å². The molecule has 108 valence electrons. The van der Waals surface area contributed by atoms with Crippen molar-refractivity contribution in [2.75, 3.05) is 18.0 Å². The Morgan fingerprint density at radius 3 is 2.67 bits per heavy atom. The molecule has 1 aliphatic heterocycles. The van der Waals surface area contributed by atoms with E-state index >= 15 is 0 Å². The molecule has 1 fully saturated rings. The third kappa shape index (κ3) is 2.89. The van der Waals surface area contributed by atoms with Crippen molar-refractivity contribution in [3.63, 3.8) is 0 Å². The van der Waals surface area contributed by atoms with Gasteiger partial charge >= 0.3 is 5.63 Å². The Kier molecular flexibility index (Phi) is 4.13. The lowest BCUT2D eigenvalue weighted by atomic mass is 10.1. The Hall–Kier alpha value is -1.58. The maximum atomic E-state index is 12.1. The highest BCUT2D eigenvalue weighted by Gasteiger charge is 2.20. The van der Waals surface area contributed by atoms with Crippen molar-refractivity contribution < 1.29 is 4.42 Å². The van der Waals surface area contributed by atoms with Crippen LogP contribution in [0.15, 0.2) is 31.2 Å². The highest BCUT2D eigenvalue weighted by molar-refractivity contribution is 9.11. The smallest absolute Gasteiger partial charge is 0.356 e. The number of rotatable bonds is 2. The van der Waals surface area contributed by atoms with Gasteiger partial charge in [-0.2, -0.15) is 5.26 Å². The zero-order valence-corrected chi connectivity index (χ0v) is 13.7. The summed E-state index contributed by atoms with van der Waals surface area (Å²) in [6.45, 7) is 1.76. The van der Waals surface area contributed by atoms with Gasteiger partial charge < -0.3 is 9.32 Å². The molecule has 0 atom stereocenters. The van der Waals surface area contributed by atoms with Crippen molar-refractivity contribution in [1.82, 2.24) is 0 Å². The van der Waals surface area contributed by atoms with E-state index in [2.05, 4.69) is 20.8 Å². The van der Waals surface area contributed by atoms with Crippen LogP contribution >= 0.6 is 27.3 Å². The summed E-state index contributed by atoms with van der Waals surface area (Å²) in [6, 6.07) is 7.63. The van der Waals surface area contributed by atoms with Crippen molar-refractivity contribution in [3.8, 4) is 16.7 Å². The third-order valence-corrected chi connectivity index (χ3v) is 5.19. The summed E-state index contributed by atoms with van der Waals surface area (Å²) in [7, 11) is 0. The molecular weight excluding hydrogens is 352 g/mol. The molecule has 2 aromatic heterocycles. The first kappa shape index (κ1) is 14.4. The van der Waals surface area contributed by atoms with Crippen LogP contribution in [0, 0.1) is 11.3 Å². The first-order valence-electron chi connectivity index (χ1n) is 6.78. The summed E-state index contributed by atoms with van der Waals surface area (Å²) in [5.74, 6) is 0.523. The molecule has 0 bridgehead atoms. The van der Waals surface area contributed by atoms with Gasteiger partial charge in [-0.25, -0.2) is 4.79 Å². The SMILES string of the molecule is N#Cc1c(N2CCCCC2)cc(-c2ccc(Br)s2)oc1=O. The minimum atomic E-state index is -0.555. The second-order valence-electron chi connectivity index (χ2n) is 4.92. The molecule has 0 spiro atoms. The predicted molar refractivity (Wildman–Crippen MR) is 86.8 cm³/mol. The van der Waals surface area contributed by atoms with E-state index in [0.29, 0.717) is 11.4 Å². The summed E-state index contributed by atoms with van der Waals surface area (Å²) >= 11 is 4.91. The van der Waals surface area contributed by atoms with Gasteiger partial charge in [-0.05, 0) is 47.3 Å². The van der Waals surface area contributed by atoms with Crippen LogP contribution in [-0.4, -0.2) is 13.1 Å². The monoisotopic (exact) mass is 364 g/mol.